The first kappa shape index (κ1) is 32.5. The Balaban J connectivity index is 1.11. The maximum absolute atomic E-state index is 13.7. The molecule has 2 aromatic heterocycles. The average Bonchev–Trinajstić information content (AvgIpc) is 3.51. The fraction of sp³-hybridized carbons (Fsp3) is 0.459. The van der Waals surface area contributed by atoms with Crippen molar-refractivity contribution in [3.63, 3.8) is 0 Å². The lowest BCUT2D eigenvalue weighted by atomic mass is 9.90. The van der Waals surface area contributed by atoms with Crippen LogP contribution in [0.2, 0.25) is 0 Å². The number of aryl methyl sites for hydroxylation is 2. The molecule has 0 saturated carbocycles. The van der Waals surface area contributed by atoms with Gasteiger partial charge in [-0.2, -0.15) is 9.13 Å². The van der Waals surface area contributed by atoms with E-state index in [1.54, 1.807) is 22.7 Å². The van der Waals surface area contributed by atoms with E-state index in [4.69, 9.17) is 0 Å². The molecule has 4 aromatic rings. The summed E-state index contributed by atoms with van der Waals surface area (Å²) in [6, 6.07) is 21.3. The van der Waals surface area contributed by atoms with Crippen molar-refractivity contribution in [1.82, 2.24) is 14.7 Å². The van der Waals surface area contributed by atoms with Crippen LogP contribution in [0.3, 0.4) is 0 Å². The number of benzene rings is 2. The number of hydrogen-bond donors (Lipinski definition) is 0. The standard InChI is InChI=1S/C37H47N5O2S2/c1-27-29(3)45-36(41(27)25-34(43)39-17-15-32(16-18-39)23-31-11-7-5-8-12-31)37-42(28(2)30(4)46-37)26-35(44)40-21-19-38(20-22-40)24-33-13-9-6-10-14-33/h5-14,32H,15-26H2,1-4H3/q+2. The zero-order chi connectivity index (χ0) is 32.2. The van der Waals surface area contributed by atoms with Crippen molar-refractivity contribution in [3.05, 3.63) is 92.9 Å². The molecular formula is C37H47N5O2S2+2. The van der Waals surface area contributed by atoms with Gasteiger partial charge in [0, 0.05) is 59.7 Å². The topological polar surface area (TPSA) is 51.6 Å². The third-order valence-corrected chi connectivity index (χ3v) is 12.4. The summed E-state index contributed by atoms with van der Waals surface area (Å²) in [5.74, 6) is 0.976. The van der Waals surface area contributed by atoms with Crippen molar-refractivity contribution in [2.24, 2.45) is 5.92 Å². The minimum atomic E-state index is 0.164. The molecule has 0 N–H and O–H groups in total. The molecule has 2 aliphatic rings. The van der Waals surface area contributed by atoms with Gasteiger partial charge in [-0.25, -0.2) is 0 Å². The lowest BCUT2D eigenvalue weighted by Gasteiger charge is -2.34. The molecule has 4 heterocycles. The third kappa shape index (κ3) is 7.42. The third-order valence-electron chi connectivity index (χ3n) is 9.90. The van der Waals surface area contributed by atoms with Crippen molar-refractivity contribution in [3.8, 4) is 10.0 Å². The highest BCUT2D eigenvalue weighted by Gasteiger charge is 2.38. The first-order valence-corrected chi connectivity index (χ1v) is 18.3. The van der Waals surface area contributed by atoms with Crippen LogP contribution >= 0.6 is 22.7 Å². The van der Waals surface area contributed by atoms with Crippen LogP contribution in [-0.2, 0) is 35.6 Å². The highest BCUT2D eigenvalue weighted by Crippen LogP contribution is 2.30. The fourth-order valence-electron chi connectivity index (χ4n) is 6.73. The molecule has 242 valence electrons. The minimum Gasteiger partial charge on any atom is -0.337 e. The molecule has 0 unspecified atom stereocenters. The maximum atomic E-state index is 13.7. The van der Waals surface area contributed by atoms with E-state index in [-0.39, 0.29) is 11.8 Å². The number of likely N-dealkylation sites (tertiary alicyclic amines) is 1. The number of carbonyl (C=O) groups is 2. The van der Waals surface area contributed by atoms with E-state index in [1.807, 2.05) is 4.90 Å². The number of thiazole rings is 2. The largest absolute Gasteiger partial charge is 0.346 e. The van der Waals surface area contributed by atoms with Crippen molar-refractivity contribution in [1.29, 1.82) is 0 Å². The lowest BCUT2D eigenvalue weighted by Crippen LogP contribution is -2.54. The molecule has 2 fully saturated rings. The van der Waals surface area contributed by atoms with Crippen molar-refractivity contribution in [2.75, 3.05) is 39.3 Å². The molecule has 7 nitrogen and oxygen atoms in total. The Labute approximate surface area is 281 Å². The summed E-state index contributed by atoms with van der Waals surface area (Å²) in [6.45, 7) is 15.0. The van der Waals surface area contributed by atoms with Crippen LogP contribution in [-0.4, -0.2) is 65.8 Å². The zero-order valence-corrected chi connectivity index (χ0v) is 29.3. The van der Waals surface area contributed by atoms with Crippen LogP contribution in [0, 0.1) is 33.6 Å². The van der Waals surface area contributed by atoms with Crippen LogP contribution in [0.5, 0.6) is 0 Å². The molecule has 0 atom stereocenters. The molecule has 2 aliphatic heterocycles. The number of rotatable bonds is 9. The molecule has 9 heteroatoms. The van der Waals surface area contributed by atoms with Gasteiger partial charge in [-0.05, 0) is 50.2 Å². The Morgan fingerprint density at radius 3 is 1.61 bits per heavy atom. The fourth-order valence-corrected chi connectivity index (χ4v) is 9.10. The van der Waals surface area contributed by atoms with E-state index < -0.39 is 0 Å². The number of aromatic nitrogens is 2. The highest BCUT2D eigenvalue weighted by molar-refractivity contribution is 7.20. The normalized spacial score (nSPS) is 16.3. The van der Waals surface area contributed by atoms with Gasteiger partial charge >= 0.3 is 10.0 Å². The average molecular weight is 658 g/mol. The molecule has 0 bridgehead atoms. The van der Waals surface area contributed by atoms with Crippen LogP contribution < -0.4 is 9.13 Å². The van der Waals surface area contributed by atoms with Crippen LogP contribution in [0.25, 0.3) is 10.0 Å². The first-order chi connectivity index (χ1) is 22.3. The second-order valence-electron chi connectivity index (χ2n) is 12.9. The molecule has 46 heavy (non-hydrogen) atoms. The Morgan fingerprint density at radius 1 is 0.652 bits per heavy atom. The second kappa shape index (κ2) is 14.6. The molecule has 2 aromatic carbocycles. The molecule has 0 radical (unpaired) electrons. The van der Waals surface area contributed by atoms with Crippen LogP contribution in [0.4, 0.5) is 0 Å². The summed E-state index contributed by atoms with van der Waals surface area (Å²) in [7, 11) is 0. The van der Waals surface area contributed by atoms with Gasteiger partial charge in [-0.1, -0.05) is 83.3 Å². The van der Waals surface area contributed by atoms with E-state index in [2.05, 4.69) is 107 Å². The van der Waals surface area contributed by atoms with Crippen molar-refractivity contribution in [2.45, 2.75) is 66.6 Å². The van der Waals surface area contributed by atoms with Crippen molar-refractivity contribution < 1.29 is 18.7 Å². The Bertz CT molecular complexity index is 1530. The number of carbonyl (C=O) groups excluding carboxylic acids is 2. The molecule has 0 spiro atoms. The van der Waals surface area contributed by atoms with E-state index >= 15 is 0 Å². The lowest BCUT2D eigenvalue weighted by molar-refractivity contribution is -0.703. The smallest absolute Gasteiger partial charge is 0.337 e. The van der Waals surface area contributed by atoms with Gasteiger partial charge in [0.05, 0.1) is 9.75 Å². The number of piperazine rings is 1. The van der Waals surface area contributed by atoms with Gasteiger partial charge in [0.1, 0.15) is 0 Å². The van der Waals surface area contributed by atoms with Gasteiger partial charge in [0.25, 0.3) is 11.8 Å². The summed E-state index contributed by atoms with van der Waals surface area (Å²) >= 11 is 3.47. The van der Waals surface area contributed by atoms with E-state index in [0.717, 1.165) is 86.5 Å². The van der Waals surface area contributed by atoms with Gasteiger partial charge in [0.15, 0.2) is 11.4 Å². The van der Waals surface area contributed by atoms with Crippen LogP contribution in [0.1, 0.15) is 45.1 Å². The first-order valence-electron chi connectivity index (χ1n) is 16.6. The Hall–Kier alpha value is -3.40. The summed E-state index contributed by atoms with van der Waals surface area (Å²) in [5.41, 5.74) is 4.95. The molecule has 6 rings (SSSR count). The number of hydrogen-bond acceptors (Lipinski definition) is 5. The quantitative estimate of drug-likeness (QED) is 0.235. The second-order valence-corrected chi connectivity index (χ2v) is 15.3. The molecule has 2 saturated heterocycles. The van der Waals surface area contributed by atoms with Crippen molar-refractivity contribution >= 4 is 34.5 Å². The zero-order valence-electron chi connectivity index (χ0n) is 27.7. The van der Waals surface area contributed by atoms with Crippen LogP contribution in [0.15, 0.2) is 60.7 Å². The summed E-state index contributed by atoms with van der Waals surface area (Å²) in [4.78, 5) is 36.3. The van der Waals surface area contributed by atoms with Gasteiger partial charge in [0.2, 0.25) is 13.1 Å². The molecule has 0 aliphatic carbocycles. The predicted octanol–water partition coefficient (Wildman–Crippen LogP) is 5.11. The number of nitrogens with zero attached hydrogens (tertiary/aromatic N) is 5. The monoisotopic (exact) mass is 657 g/mol. The maximum Gasteiger partial charge on any atom is 0.346 e. The van der Waals surface area contributed by atoms with Gasteiger partial charge < -0.3 is 9.80 Å². The van der Waals surface area contributed by atoms with Gasteiger partial charge in [-0.15, -0.1) is 0 Å². The van der Waals surface area contributed by atoms with E-state index in [9.17, 15) is 9.59 Å². The number of amides is 2. The Kier molecular flexibility index (Phi) is 10.3. The molecular weight excluding hydrogens is 611 g/mol. The summed E-state index contributed by atoms with van der Waals surface area (Å²) < 4.78 is 4.39. The Morgan fingerprint density at radius 2 is 1.11 bits per heavy atom. The van der Waals surface area contributed by atoms with Gasteiger partial charge in [-0.3, -0.25) is 14.5 Å². The summed E-state index contributed by atoms with van der Waals surface area (Å²) in [6.07, 6.45) is 3.18. The van der Waals surface area contributed by atoms with E-state index in [1.165, 1.54) is 20.9 Å². The predicted molar refractivity (Wildman–Crippen MR) is 185 cm³/mol. The molecule has 2 amide bonds. The summed E-state index contributed by atoms with van der Waals surface area (Å²) in [5, 5.41) is 2.14. The highest BCUT2D eigenvalue weighted by atomic mass is 32.1. The van der Waals surface area contributed by atoms with E-state index in [0.29, 0.717) is 19.0 Å². The minimum absolute atomic E-state index is 0.164. The SMILES string of the molecule is Cc1sc(-c2sc(C)c(C)[n+]2CC(=O)N2CCN(Cc3ccccc3)CC2)[n+](CC(=O)N2CCC(Cc3ccccc3)CC2)c1C. The number of piperidine rings is 1.